The molecule has 0 saturated carbocycles. The number of piperidine rings is 1. The fourth-order valence-electron chi connectivity index (χ4n) is 2.77. The molecule has 1 aliphatic heterocycles. The van der Waals surface area contributed by atoms with Crippen molar-refractivity contribution < 1.29 is 9.52 Å². The van der Waals surface area contributed by atoms with Crippen LogP contribution in [0.15, 0.2) is 15.3 Å². The summed E-state index contributed by atoms with van der Waals surface area (Å²) >= 11 is 0. The number of likely N-dealkylation sites (tertiary alicyclic amines) is 1. The molecule has 0 aliphatic carbocycles. The topological polar surface area (TPSA) is 53.7 Å². The highest BCUT2D eigenvalue weighted by Gasteiger charge is 2.26. The molecule has 1 fully saturated rings. The molecular weight excluding hydrogens is 242 g/mol. The lowest BCUT2D eigenvalue weighted by atomic mass is 9.91. The van der Waals surface area contributed by atoms with Gasteiger partial charge in [0.05, 0.1) is 6.54 Å². The van der Waals surface area contributed by atoms with Crippen molar-refractivity contribution in [3.05, 3.63) is 27.8 Å². The van der Waals surface area contributed by atoms with Crippen LogP contribution in [-0.2, 0) is 6.54 Å². The van der Waals surface area contributed by atoms with E-state index in [1.54, 1.807) is 6.92 Å². The molecule has 2 atom stereocenters. The second-order valence-corrected chi connectivity index (χ2v) is 5.62. The van der Waals surface area contributed by atoms with Crippen LogP contribution in [-0.4, -0.2) is 22.6 Å². The summed E-state index contributed by atoms with van der Waals surface area (Å²) < 4.78 is 5.52. The zero-order valence-corrected chi connectivity index (χ0v) is 12.0. The van der Waals surface area contributed by atoms with Crippen LogP contribution in [0.25, 0.3) is 0 Å². The molecule has 4 nitrogen and oxygen atoms in total. The average molecular weight is 265 g/mol. The summed E-state index contributed by atoms with van der Waals surface area (Å²) in [5, 5.41) is 9.83. The molecule has 2 heterocycles. The Bertz CT molecular complexity index is 495. The van der Waals surface area contributed by atoms with Crippen molar-refractivity contribution in [3.8, 4) is 5.75 Å². The molecule has 1 saturated heterocycles. The van der Waals surface area contributed by atoms with Crippen LogP contribution in [0.5, 0.6) is 5.75 Å². The van der Waals surface area contributed by atoms with Gasteiger partial charge in [-0.1, -0.05) is 13.3 Å². The van der Waals surface area contributed by atoms with Crippen LogP contribution in [0.4, 0.5) is 0 Å². The largest absolute Gasteiger partial charge is 0.502 e. The zero-order valence-electron chi connectivity index (χ0n) is 12.0. The van der Waals surface area contributed by atoms with Gasteiger partial charge in [-0.2, -0.15) is 0 Å². The molecule has 1 N–H and O–H groups in total. The van der Waals surface area contributed by atoms with E-state index in [0.29, 0.717) is 30.0 Å². The van der Waals surface area contributed by atoms with Gasteiger partial charge in [0, 0.05) is 18.7 Å². The number of nitrogens with zero attached hydrogens (tertiary/aromatic N) is 1. The first kappa shape index (κ1) is 14.1. The number of aromatic hydroxyl groups is 1. The molecule has 1 aliphatic rings. The van der Waals surface area contributed by atoms with Crippen molar-refractivity contribution in [2.24, 2.45) is 5.92 Å². The van der Waals surface area contributed by atoms with E-state index in [2.05, 4.69) is 18.7 Å². The van der Waals surface area contributed by atoms with E-state index in [9.17, 15) is 9.90 Å². The Labute approximate surface area is 114 Å². The molecule has 1 aromatic heterocycles. The third-order valence-electron chi connectivity index (χ3n) is 4.15. The average Bonchev–Trinajstić information content (AvgIpc) is 2.38. The van der Waals surface area contributed by atoms with E-state index in [0.717, 1.165) is 13.0 Å². The van der Waals surface area contributed by atoms with Crippen LogP contribution in [0, 0.1) is 12.8 Å². The summed E-state index contributed by atoms with van der Waals surface area (Å²) in [4.78, 5) is 13.9. The predicted octanol–water partition coefficient (Wildman–Crippen LogP) is 2.66. The molecule has 2 rings (SSSR count). The minimum atomic E-state index is -0.351. The van der Waals surface area contributed by atoms with Crippen molar-refractivity contribution in [2.75, 3.05) is 6.54 Å². The van der Waals surface area contributed by atoms with Gasteiger partial charge in [0.1, 0.15) is 5.76 Å². The highest BCUT2D eigenvalue weighted by atomic mass is 16.4. The van der Waals surface area contributed by atoms with Crippen LogP contribution in [0.3, 0.4) is 0 Å². The molecule has 0 bridgehead atoms. The summed E-state index contributed by atoms with van der Waals surface area (Å²) in [5.41, 5.74) is -0.351. The lowest BCUT2D eigenvalue weighted by Gasteiger charge is -2.37. The van der Waals surface area contributed by atoms with Gasteiger partial charge in [-0.05, 0) is 32.6 Å². The van der Waals surface area contributed by atoms with Crippen LogP contribution >= 0.6 is 0 Å². The minimum absolute atomic E-state index is 0.239. The van der Waals surface area contributed by atoms with Crippen LogP contribution in [0.1, 0.15) is 44.6 Å². The maximum atomic E-state index is 11.6. The fraction of sp³-hybridized carbons (Fsp3) is 0.667. The molecule has 1 aromatic rings. The Morgan fingerprint density at radius 2 is 2.21 bits per heavy atom. The Kier molecular flexibility index (Phi) is 4.30. The van der Waals surface area contributed by atoms with Crippen molar-refractivity contribution in [1.82, 2.24) is 4.90 Å². The van der Waals surface area contributed by atoms with E-state index in [1.165, 1.54) is 18.9 Å². The molecule has 0 aromatic carbocycles. The van der Waals surface area contributed by atoms with Crippen molar-refractivity contribution in [2.45, 2.75) is 52.6 Å². The number of rotatable bonds is 3. The fourth-order valence-corrected chi connectivity index (χ4v) is 2.77. The van der Waals surface area contributed by atoms with Crippen LogP contribution < -0.4 is 5.43 Å². The monoisotopic (exact) mass is 265 g/mol. The van der Waals surface area contributed by atoms with Gasteiger partial charge in [0.25, 0.3) is 0 Å². The van der Waals surface area contributed by atoms with E-state index < -0.39 is 0 Å². The Morgan fingerprint density at radius 1 is 1.47 bits per heavy atom. The quantitative estimate of drug-likeness (QED) is 0.913. The lowest BCUT2D eigenvalue weighted by molar-refractivity contribution is 0.0977. The van der Waals surface area contributed by atoms with E-state index in [-0.39, 0.29) is 11.2 Å². The van der Waals surface area contributed by atoms with E-state index in [1.807, 2.05) is 0 Å². The van der Waals surface area contributed by atoms with Crippen molar-refractivity contribution in [1.29, 1.82) is 0 Å². The summed E-state index contributed by atoms with van der Waals surface area (Å²) in [5.74, 6) is 1.41. The van der Waals surface area contributed by atoms with Gasteiger partial charge in [-0.3, -0.25) is 9.69 Å². The minimum Gasteiger partial charge on any atom is -0.502 e. The summed E-state index contributed by atoms with van der Waals surface area (Å²) in [6.07, 6.45) is 3.60. The smallest absolute Gasteiger partial charge is 0.227 e. The summed E-state index contributed by atoms with van der Waals surface area (Å²) in [6, 6.07) is 1.79. The molecule has 0 amide bonds. The first-order valence-electron chi connectivity index (χ1n) is 7.07. The normalized spacial score (nSPS) is 24.6. The lowest BCUT2D eigenvalue weighted by Crippen LogP contribution is -2.41. The Hall–Kier alpha value is -1.29. The standard InChI is InChI=1S/C15H23NO3/c1-4-12-6-5-10(2)16(8-12)9-14-15(18)13(17)7-11(3)19-14/h7,10,12,18H,4-6,8-9H2,1-3H3. The summed E-state index contributed by atoms with van der Waals surface area (Å²) in [7, 11) is 0. The van der Waals surface area contributed by atoms with Crippen molar-refractivity contribution in [3.63, 3.8) is 0 Å². The second-order valence-electron chi connectivity index (χ2n) is 5.62. The highest BCUT2D eigenvalue weighted by molar-refractivity contribution is 5.24. The number of hydrogen-bond acceptors (Lipinski definition) is 4. The molecule has 0 spiro atoms. The van der Waals surface area contributed by atoms with Gasteiger partial charge in [0.15, 0.2) is 5.76 Å². The SMILES string of the molecule is CCC1CCC(C)N(Cc2oc(C)cc(=O)c2O)C1. The maximum Gasteiger partial charge on any atom is 0.227 e. The number of hydrogen-bond donors (Lipinski definition) is 1. The van der Waals surface area contributed by atoms with Crippen LogP contribution in [0.2, 0.25) is 0 Å². The third-order valence-corrected chi connectivity index (χ3v) is 4.15. The second kappa shape index (κ2) is 5.78. The molecule has 2 unspecified atom stereocenters. The predicted molar refractivity (Wildman–Crippen MR) is 74.3 cm³/mol. The molecule has 106 valence electrons. The van der Waals surface area contributed by atoms with Gasteiger partial charge in [-0.15, -0.1) is 0 Å². The zero-order chi connectivity index (χ0) is 14.0. The first-order valence-corrected chi connectivity index (χ1v) is 7.07. The molecule has 4 heteroatoms. The third kappa shape index (κ3) is 3.18. The Morgan fingerprint density at radius 3 is 2.89 bits per heavy atom. The molecule has 19 heavy (non-hydrogen) atoms. The van der Waals surface area contributed by atoms with Gasteiger partial charge in [0.2, 0.25) is 11.2 Å². The molecule has 0 radical (unpaired) electrons. The number of aryl methyl sites for hydroxylation is 1. The Balaban J connectivity index is 2.18. The van der Waals surface area contributed by atoms with Crippen molar-refractivity contribution >= 4 is 0 Å². The van der Waals surface area contributed by atoms with Gasteiger partial charge >= 0.3 is 0 Å². The maximum absolute atomic E-state index is 11.6. The van der Waals surface area contributed by atoms with Gasteiger partial charge < -0.3 is 9.52 Å². The summed E-state index contributed by atoms with van der Waals surface area (Å²) in [6.45, 7) is 7.66. The van der Waals surface area contributed by atoms with E-state index >= 15 is 0 Å². The first-order chi connectivity index (χ1) is 9.01. The van der Waals surface area contributed by atoms with Gasteiger partial charge in [-0.25, -0.2) is 0 Å². The highest BCUT2D eigenvalue weighted by Crippen LogP contribution is 2.27. The molecular formula is C15H23NO3. The van der Waals surface area contributed by atoms with E-state index in [4.69, 9.17) is 4.42 Å².